The summed E-state index contributed by atoms with van der Waals surface area (Å²) >= 11 is 0. The van der Waals surface area contributed by atoms with Crippen LogP contribution in [0.15, 0.2) is 0 Å². The Morgan fingerprint density at radius 2 is 0.500 bits per heavy atom. The van der Waals surface area contributed by atoms with Gasteiger partial charge in [0.2, 0.25) is 0 Å². The summed E-state index contributed by atoms with van der Waals surface area (Å²) in [5.74, 6) is 0. The standard InChI is InChI=1S/2H2O.2Rh/h2*1H2;;/q;;2*+2. The zero-order chi connectivity index (χ0) is 0. The Balaban J connectivity index is 0. The van der Waals surface area contributed by atoms with Crippen LogP contribution < -0.4 is 0 Å². The zero-order valence-electron chi connectivity index (χ0n) is 1.67. The predicted octanol–water partition coefficient (Wildman–Crippen LogP) is -1.65. The van der Waals surface area contributed by atoms with Gasteiger partial charge in [0.25, 0.3) is 0 Å². The van der Waals surface area contributed by atoms with Crippen molar-refractivity contribution < 1.29 is 49.9 Å². The molecule has 0 atom stereocenters. The van der Waals surface area contributed by atoms with E-state index in [1.165, 1.54) is 0 Å². The fourth-order valence-electron chi connectivity index (χ4n) is 0. The van der Waals surface area contributed by atoms with Crippen LogP contribution in [-0.4, -0.2) is 11.0 Å². The third kappa shape index (κ3) is 10.9. The second-order valence-corrected chi connectivity index (χ2v) is 0. The van der Waals surface area contributed by atoms with Crippen LogP contribution in [0.3, 0.4) is 0 Å². The van der Waals surface area contributed by atoms with Crippen LogP contribution in [-0.2, 0) is 39.0 Å². The van der Waals surface area contributed by atoms with E-state index in [1.807, 2.05) is 0 Å². The Hall–Kier alpha value is 1.17. The first-order chi connectivity index (χ1) is 0. The summed E-state index contributed by atoms with van der Waals surface area (Å²) in [6.45, 7) is 0. The molecule has 0 unspecified atom stereocenters. The fourth-order valence-corrected chi connectivity index (χ4v) is 0. The average molecular weight is 242 g/mol. The molecule has 0 aromatic rings. The summed E-state index contributed by atoms with van der Waals surface area (Å²) in [4.78, 5) is 0. The largest absolute Gasteiger partial charge is 2.00 e. The number of hydrogen-bond acceptors (Lipinski definition) is 0. The summed E-state index contributed by atoms with van der Waals surface area (Å²) in [6.07, 6.45) is 0. The van der Waals surface area contributed by atoms with Gasteiger partial charge >= 0.3 is 39.0 Å². The molecule has 0 aromatic carbocycles. The molecule has 4 heavy (non-hydrogen) atoms. The first-order valence-electron chi connectivity index (χ1n) is 0. The third-order valence-electron chi connectivity index (χ3n) is 0. The van der Waals surface area contributed by atoms with E-state index in [0.29, 0.717) is 0 Å². The molecule has 0 saturated heterocycles. The van der Waals surface area contributed by atoms with Gasteiger partial charge in [0.1, 0.15) is 0 Å². The Morgan fingerprint density at radius 3 is 0.500 bits per heavy atom. The van der Waals surface area contributed by atoms with Gasteiger partial charge in [-0.05, 0) is 0 Å². The maximum atomic E-state index is 0. The average Bonchev–Trinajstić information content (AvgIpc) is 0. The van der Waals surface area contributed by atoms with Crippen molar-refractivity contribution in [2.45, 2.75) is 0 Å². The van der Waals surface area contributed by atoms with Crippen LogP contribution in [0.25, 0.3) is 0 Å². The van der Waals surface area contributed by atoms with Crippen LogP contribution >= 0.6 is 0 Å². The third-order valence-corrected chi connectivity index (χ3v) is 0. The van der Waals surface area contributed by atoms with E-state index < -0.39 is 0 Å². The molecular formula is H4O2Rh2+4. The Morgan fingerprint density at radius 1 is 0.500 bits per heavy atom. The van der Waals surface area contributed by atoms with Crippen molar-refractivity contribution in [3.8, 4) is 0 Å². The van der Waals surface area contributed by atoms with Gasteiger partial charge in [0.15, 0.2) is 0 Å². The minimum absolute atomic E-state index is 0. The van der Waals surface area contributed by atoms with Gasteiger partial charge in [-0.2, -0.15) is 0 Å². The molecule has 0 saturated carbocycles. The summed E-state index contributed by atoms with van der Waals surface area (Å²) in [5.41, 5.74) is 0. The molecular weight excluding hydrogens is 238 g/mol. The Labute approximate surface area is 50.1 Å². The second kappa shape index (κ2) is 30.7. The van der Waals surface area contributed by atoms with Crippen LogP contribution in [0.5, 0.6) is 0 Å². The molecule has 0 bridgehead atoms. The van der Waals surface area contributed by atoms with Crippen molar-refractivity contribution >= 4 is 0 Å². The van der Waals surface area contributed by atoms with Crippen LogP contribution in [0.1, 0.15) is 0 Å². The van der Waals surface area contributed by atoms with Crippen LogP contribution in [0.4, 0.5) is 0 Å². The molecule has 0 heterocycles. The number of hydrogen-bond donors (Lipinski definition) is 0. The molecule has 0 fully saturated rings. The molecule has 0 aliphatic heterocycles. The number of rotatable bonds is 0. The smallest absolute Gasteiger partial charge is 0.412 e. The Bertz CT molecular complexity index is 4.00. The molecule has 0 amide bonds. The minimum atomic E-state index is 0. The monoisotopic (exact) mass is 242 g/mol. The molecule has 0 rings (SSSR count). The van der Waals surface area contributed by atoms with E-state index in [1.54, 1.807) is 0 Å². The van der Waals surface area contributed by atoms with Gasteiger partial charge in [-0.25, -0.2) is 0 Å². The van der Waals surface area contributed by atoms with Crippen molar-refractivity contribution in [1.29, 1.82) is 0 Å². The summed E-state index contributed by atoms with van der Waals surface area (Å²) in [5, 5.41) is 0. The van der Waals surface area contributed by atoms with Crippen molar-refractivity contribution in [2.75, 3.05) is 0 Å². The van der Waals surface area contributed by atoms with Gasteiger partial charge in [-0.1, -0.05) is 0 Å². The molecule has 4 heteroatoms. The van der Waals surface area contributed by atoms with Gasteiger partial charge in [0, 0.05) is 0 Å². The van der Waals surface area contributed by atoms with E-state index in [0.717, 1.165) is 0 Å². The van der Waals surface area contributed by atoms with E-state index in [4.69, 9.17) is 0 Å². The molecule has 4 N–H and O–H groups in total. The maximum absolute atomic E-state index is 0. The van der Waals surface area contributed by atoms with Gasteiger partial charge in [-0.15, -0.1) is 0 Å². The van der Waals surface area contributed by atoms with Gasteiger partial charge in [-0.3, -0.25) is 0 Å². The van der Waals surface area contributed by atoms with Crippen molar-refractivity contribution in [3.63, 3.8) is 0 Å². The van der Waals surface area contributed by atoms with Crippen molar-refractivity contribution in [1.82, 2.24) is 0 Å². The first-order valence-corrected chi connectivity index (χ1v) is 0. The van der Waals surface area contributed by atoms with Crippen LogP contribution in [0, 0.1) is 0 Å². The Kier molecular flexibility index (Phi) is 506. The van der Waals surface area contributed by atoms with Crippen LogP contribution in [0.2, 0.25) is 0 Å². The molecule has 0 aliphatic rings. The maximum Gasteiger partial charge on any atom is 2.00 e. The summed E-state index contributed by atoms with van der Waals surface area (Å²) in [7, 11) is 0. The summed E-state index contributed by atoms with van der Waals surface area (Å²) < 4.78 is 0. The second-order valence-electron chi connectivity index (χ2n) is 0. The van der Waals surface area contributed by atoms with Gasteiger partial charge < -0.3 is 11.0 Å². The molecule has 0 aliphatic carbocycles. The van der Waals surface area contributed by atoms with Crippen molar-refractivity contribution in [3.05, 3.63) is 0 Å². The fraction of sp³-hybridized carbons (Fsp3) is 0. The van der Waals surface area contributed by atoms with E-state index >= 15 is 0 Å². The molecule has 30 valence electrons. The quantitative estimate of drug-likeness (QED) is 0.456. The van der Waals surface area contributed by atoms with E-state index in [-0.39, 0.29) is 49.9 Å². The van der Waals surface area contributed by atoms with Gasteiger partial charge in [0.05, 0.1) is 0 Å². The molecule has 0 spiro atoms. The van der Waals surface area contributed by atoms with E-state index in [2.05, 4.69) is 0 Å². The normalized spacial score (nSPS) is 0. The first kappa shape index (κ1) is 65.9. The molecule has 2 nitrogen and oxygen atoms in total. The minimum Gasteiger partial charge on any atom is -0.412 e. The topological polar surface area (TPSA) is 63.0 Å². The predicted molar refractivity (Wildman–Crippen MR) is 7.23 cm³/mol. The molecule has 2 radical (unpaired) electrons. The van der Waals surface area contributed by atoms with E-state index in [9.17, 15) is 0 Å². The SMILES string of the molecule is O.O.[Rh+2].[Rh+2]. The zero-order valence-corrected chi connectivity index (χ0v) is 4.94. The summed E-state index contributed by atoms with van der Waals surface area (Å²) in [6, 6.07) is 0. The van der Waals surface area contributed by atoms with Crippen molar-refractivity contribution in [2.24, 2.45) is 0 Å². The molecule has 0 aromatic heterocycles.